The molecule has 0 aliphatic rings. The van der Waals surface area contributed by atoms with Crippen LogP contribution in [0.2, 0.25) is 0 Å². The van der Waals surface area contributed by atoms with E-state index in [2.05, 4.69) is 39.6 Å². The molecule has 136 valence electrons. The maximum absolute atomic E-state index is 12.3. The number of para-hydroxylation sites is 1. The van der Waals surface area contributed by atoms with Crippen LogP contribution < -0.4 is 11.2 Å². The number of aryl methyl sites for hydroxylation is 1. The number of rotatable bonds is 6. The fraction of sp³-hybridized carbons (Fsp3) is 0.294. The average molecular weight is 371 g/mol. The number of anilines is 1. The minimum absolute atomic E-state index is 0.122. The van der Waals surface area contributed by atoms with Crippen molar-refractivity contribution in [2.75, 3.05) is 16.9 Å². The number of H-pyrrole nitrogens is 1. The molecule has 2 aromatic heterocycles. The molecular weight excluding hydrogens is 350 g/mol. The molecule has 0 spiro atoms. The van der Waals surface area contributed by atoms with Crippen LogP contribution in [0, 0.1) is 6.92 Å². The van der Waals surface area contributed by atoms with E-state index in [9.17, 15) is 4.79 Å². The Hall–Kier alpha value is -2.81. The van der Waals surface area contributed by atoms with Gasteiger partial charge in [-0.2, -0.15) is 5.10 Å². The smallest absolute Gasteiger partial charge is 0.234 e. The summed E-state index contributed by atoms with van der Waals surface area (Å²) in [5, 5.41) is 18.5. The first kappa shape index (κ1) is 18.0. The molecule has 2 heterocycles. The Labute approximate surface area is 155 Å². The van der Waals surface area contributed by atoms with Crippen LogP contribution in [0.5, 0.6) is 0 Å². The standard InChI is InChI=1S/C17H21N7OS/c1-10(2)12-6-4-5-7-13(12)19-15(25)9-26-17-23-22-16(24(17)18)14-8-11(3)20-21-14/h4-8,10H,9,18H2,1-3H3,(H,19,25)(H,20,21). The SMILES string of the molecule is Cc1cc(-c2nnc(SCC(=O)Nc3ccccc3C(C)C)n2N)n[nH]1. The van der Waals surface area contributed by atoms with Gasteiger partial charge in [-0.25, -0.2) is 4.68 Å². The molecule has 0 radical (unpaired) electrons. The summed E-state index contributed by atoms with van der Waals surface area (Å²) in [6, 6.07) is 9.62. The molecule has 0 unspecified atom stereocenters. The van der Waals surface area contributed by atoms with Crippen LogP contribution >= 0.6 is 11.8 Å². The molecule has 1 aromatic carbocycles. The van der Waals surface area contributed by atoms with Crippen molar-refractivity contribution in [1.29, 1.82) is 0 Å². The second-order valence-electron chi connectivity index (χ2n) is 6.19. The van der Waals surface area contributed by atoms with E-state index in [1.165, 1.54) is 16.4 Å². The summed E-state index contributed by atoms with van der Waals surface area (Å²) in [6.07, 6.45) is 0. The summed E-state index contributed by atoms with van der Waals surface area (Å²) in [6.45, 7) is 6.08. The minimum Gasteiger partial charge on any atom is -0.335 e. The number of nitrogens with one attached hydrogen (secondary N) is 2. The number of nitrogens with zero attached hydrogens (tertiary/aromatic N) is 4. The molecule has 3 aromatic rings. The Morgan fingerprint density at radius 3 is 2.81 bits per heavy atom. The van der Waals surface area contributed by atoms with Crippen molar-refractivity contribution in [3.8, 4) is 11.5 Å². The lowest BCUT2D eigenvalue weighted by Crippen LogP contribution is -2.17. The predicted molar refractivity (Wildman–Crippen MR) is 102 cm³/mol. The van der Waals surface area contributed by atoms with Gasteiger partial charge in [0.05, 0.1) is 5.75 Å². The summed E-state index contributed by atoms with van der Waals surface area (Å²) in [5.41, 5.74) is 3.44. The van der Waals surface area contributed by atoms with Crippen molar-refractivity contribution in [3.63, 3.8) is 0 Å². The molecule has 0 atom stereocenters. The van der Waals surface area contributed by atoms with Gasteiger partial charge in [0.15, 0.2) is 0 Å². The number of nitrogens with two attached hydrogens (primary N) is 1. The highest BCUT2D eigenvalue weighted by molar-refractivity contribution is 7.99. The van der Waals surface area contributed by atoms with Gasteiger partial charge < -0.3 is 11.2 Å². The largest absolute Gasteiger partial charge is 0.335 e. The molecule has 8 nitrogen and oxygen atoms in total. The lowest BCUT2D eigenvalue weighted by atomic mass is 10.0. The van der Waals surface area contributed by atoms with E-state index >= 15 is 0 Å². The van der Waals surface area contributed by atoms with Gasteiger partial charge in [0.25, 0.3) is 0 Å². The van der Waals surface area contributed by atoms with E-state index < -0.39 is 0 Å². The second-order valence-corrected chi connectivity index (χ2v) is 7.13. The number of aromatic amines is 1. The second kappa shape index (κ2) is 7.61. The number of thioether (sulfide) groups is 1. The summed E-state index contributed by atoms with van der Waals surface area (Å²) in [4.78, 5) is 12.3. The number of amides is 1. The van der Waals surface area contributed by atoms with Crippen molar-refractivity contribution >= 4 is 23.4 Å². The molecule has 0 saturated carbocycles. The zero-order valence-electron chi connectivity index (χ0n) is 14.9. The van der Waals surface area contributed by atoms with E-state index in [1.807, 2.05) is 37.3 Å². The number of hydrogen-bond acceptors (Lipinski definition) is 6. The van der Waals surface area contributed by atoms with Crippen molar-refractivity contribution in [3.05, 3.63) is 41.6 Å². The van der Waals surface area contributed by atoms with Crippen LogP contribution in [0.4, 0.5) is 5.69 Å². The third kappa shape index (κ3) is 3.88. The number of benzene rings is 1. The van der Waals surface area contributed by atoms with Gasteiger partial charge in [0.1, 0.15) is 5.69 Å². The summed E-state index contributed by atoms with van der Waals surface area (Å²) in [5.74, 6) is 6.86. The van der Waals surface area contributed by atoms with E-state index in [0.717, 1.165) is 16.9 Å². The molecule has 26 heavy (non-hydrogen) atoms. The Balaban J connectivity index is 1.65. The van der Waals surface area contributed by atoms with Crippen LogP contribution in [0.15, 0.2) is 35.5 Å². The van der Waals surface area contributed by atoms with E-state index in [4.69, 9.17) is 5.84 Å². The van der Waals surface area contributed by atoms with Crippen molar-refractivity contribution in [2.24, 2.45) is 0 Å². The Bertz CT molecular complexity index is 915. The van der Waals surface area contributed by atoms with Crippen molar-refractivity contribution < 1.29 is 4.79 Å². The lowest BCUT2D eigenvalue weighted by molar-refractivity contribution is -0.113. The Morgan fingerprint density at radius 2 is 2.12 bits per heavy atom. The van der Waals surface area contributed by atoms with E-state index in [1.54, 1.807) is 0 Å². The molecule has 0 bridgehead atoms. The van der Waals surface area contributed by atoms with Crippen LogP contribution in [0.1, 0.15) is 31.0 Å². The van der Waals surface area contributed by atoms with Crippen LogP contribution in [-0.2, 0) is 4.79 Å². The normalized spacial score (nSPS) is 11.1. The Kier molecular flexibility index (Phi) is 5.27. The molecule has 0 fully saturated rings. The number of carbonyl (C=O) groups is 1. The first-order valence-electron chi connectivity index (χ1n) is 8.20. The van der Waals surface area contributed by atoms with E-state index in [0.29, 0.717) is 22.6 Å². The van der Waals surface area contributed by atoms with Crippen molar-refractivity contribution in [1.82, 2.24) is 25.1 Å². The molecule has 0 saturated heterocycles. The first-order valence-corrected chi connectivity index (χ1v) is 9.18. The highest BCUT2D eigenvalue weighted by atomic mass is 32.2. The van der Waals surface area contributed by atoms with Crippen molar-refractivity contribution in [2.45, 2.75) is 31.8 Å². The Morgan fingerprint density at radius 1 is 1.35 bits per heavy atom. The summed E-state index contributed by atoms with van der Waals surface area (Å²) < 4.78 is 1.34. The molecule has 0 aliphatic carbocycles. The third-order valence-corrected chi connectivity index (χ3v) is 4.73. The minimum atomic E-state index is -0.122. The lowest BCUT2D eigenvalue weighted by Gasteiger charge is -2.13. The van der Waals surface area contributed by atoms with Crippen LogP contribution in [0.25, 0.3) is 11.5 Å². The first-order chi connectivity index (χ1) is 12.5. The highest BCUT2D eigenvalue weighted by Gasteiger charge is 2.16. The third-order valence-electron chi connectivity index (χ3n) is 3.79. The quantitative estimate of drug-likeness (QED) is 0.453. The topological polar surface area (TPSA) is 115 Å². The number of carbonyl (C=O) groups excluding carboxylic acids is 1. The number of aromatic nitrogens is 5. The maximum atomic E-state index is 12.3. The summed E-state index contributed by atoms with van der Waals surface area (Å²) in [7, 11) is 0. The molecule has 3 rings (SSSR count). The molecule has 0 aliphatic heterocycles. The van der Waals surface area contributed by atoms with Gasteiger partial charge in [0, 0.05) is 11.4 Å². The van der Waals surface area contributed by atoms with Crippen LogP contribution in [-0.4, -0.2) is 36.7 Å². The molecular formula is C17H21N7OS. The monoisotopic (exact) mass is 371 g/mol. The van der Waals surface area contributed by atoms with Gasteiger partial charge in [-0.05, 0) is 30.5 Å². The zero-order chi connectivity index (χ0) is 18.7. The van der Waals surface area contributed by atoms with Gasteiger partial charge in [0.2, 0.25) is 16.9 Å². The van der Waals surface area contributed by atoms with Crippen LogP contribution in [0.3, 0.4) is 0 Å². The molecule has 9 heteroatoms. The predicted octanol–water partition coefficient (Wildman–Crippen LogP) is 2.54. The fourth-order valence-electron chi connectivity index (χ4n) is 2.51. The maximum Gasteiger partial charge on any atom is 0.234 e. The zero-order valence-corrected chi connectivity index (χ0v) is 15.7. The average Bonchev–Trinajstić information content (AvgIpc) is 3.19. The number of nitrogen functional groups attached to an aromatic ring is 1. The van der Waals surface area contributed by atoms with Gasteiger partial charge >= 0.3 is 0 Å². The molecule has 4 N–H and O–H groups in total. The number of hydrogen-bond donors (Lipinski definition) is 3. The van der Waals surface area contributed by atoms with Gasteiger partial charge in [-0.1, -0.05) is 43.8 Å². The van der Waals surface area contributed by atoms with Gasteiger partial charge in [-0.15, -0.1) is 10.2 Å². The van der Waals surface area contributed by atoms with Gasteiger partial charge in [-0.3, -0.25) is 9.89 Å². The van der Waals surface area contributed by atoms with E-state index in [-0.39, 0.29) is 11.7 Å². The summed E-state index contributed by atoms with van der Waals surface area (Å²) >= 11 is 1.23. The highest BCUT2D eigenvalue weighted by Crippen LogP contribution is 2.25. The fourth-order valence-corrected chi connectivity index (χ4v) is 3.17. The molecule has 1 amide bonds.